The van der Waals surface area contributed by atoms with Crippen LogP contribution in [0.4, 0.5) is 11.5 Å². The molecule has 1 aliphatic rings. The first-order valence-electron chi connectivity index (χ1n) is 7.61. The van der Waals surface area contributed by atoms with Crippen molar-refractivity contribution in [1.82, 2.24) is 9.97 Å². The molecule has 114 valence electrons. The number of hydrogen-bond acceptors (Lipinski definition) is 4. The lowest BCUT2D eigenvalue weighted by atomic mass is 10.2. The monoisotopic (exact) mass is 296 g/mol. The molecule has 0 bridgehead atoms. The average molecular weight is 296 g/mol. The molecule has 1 fully saturated rings. The van der Waals surface area contributed by atoms with Gasteiger partial charge in [-0.15, -0.1) is 0 Å². The van der Waals surface area contributed by atoms with Crippen molar-refractivity contribution in [3.8, 4) is 0 Å². The fourth-order valence-corrected chi connectivity index (χ4v) is 2.68. The maximum Gasteiger partial charge on any atom is 0.274 e. The normalized spacial score (nSPS) is 14.2. The summed E-state index contributed by atoms with van der Waals surface area (Å²) in [6, 6.07) is 9.50. The number of benzene rings is 1. The summed E-state index contributed by atoms with van der Waals surface area (Å²) in [5.41, 5.74) is 2.26. The maximum atomic E-state index is 12.5. The Balaban J connectivity index is 1.84. The number of nitrogens with one attached hydrogen (secondary N) is 1. The number of rotatable bonds is 3. The highest BCUT2D eigenvalue weighted by atomic mass is 16.1. The van der Waals surface area contributed by atoms with Gasteiger partial charge in [0.1, 0.15) is 17.3 Å². The second-order valence-corrected chi connectivity index (χ2v) is 5.62. The van der Waals surface area contributed by atoms with Crippen molar-refractivity contribution in [3.05, 3.63) is 47.4 Å². The number of aromatic nitrogens is 2. The molecule has 2 heterocycles. The molecule has 0 spiro atoms. The summed E-state index contributed by atoms with van der Waals surface area (Å²) < 4.78 is 0. The van der Waals surface area contributed by atoms with Gasteiger partial charge in [-0.05, 0) is 38.3 Å². The highest BCUT2D eigenvalue weighted by Crippen LogP contribution is 2.20. The molecule has 0 radical (unpaired) electrons. The fraction of sp³-hybridized carbons (Fsp3) is 0.353. The van der Waals surface area contributed by atoms with Crippen LogP contribution >= 0.6 is 0 Å². The predicted molar refractivity (Wildman–Crippen MR) is 87.3 cm³/mol. The van der Waals surface area contributed by atoms with E-state index in [1.165, 1.54) is 12.8 Å². The van der Waals surface area contributed by atoms with Crippen LogP contribution in [0.2, 0.25) is 0 Å². The van der Waals surface area contributed by atoms with Crippen molar-refractivity contribution in [2.75, 3.05) is 23.3 Å². The molecule has 0 saturated carbocycles. The van der Waals surface area contributed by atoms with E-state index >= 15 is 0 Å². The molecule has 5 heteroatoms. The molecule has 1 aromatic heterocycles. The molecule has 0 unspecified atom stereocenters. The molecule has 3 rings (SSSR count). The third kappa shape index (κ3) is 3.08. The molecular formula is C17H20N4O. The molecular weight excluding hydrogens is 276 g/mol. The van der Waals surface area contributed by atoms with Crippen LogP contribution in [-0.4, -0.2) is 29.0 Å². The van der Waals surface area contributed by atoms with E-state index in [2.05, 4.69) is 20.2 Å². The maximum absolute atomic E-state index is 12.5. The molecule has 5 nitrogen and oxygen atoms in total. The standard InChI is InChI=1S/C17H20N4O/c1-12-7-3-4-8-14(12)20-17(22)15-11-16(19-13(2)18-15)21-9-5-6-10-21/h3-4,7-8,11H,5-6,9-10H2,1-2H3,(H,20,22). The van der Waals surface area contributed by atoms with Gasteiger partial charge in [0.05, 0.1) is 0 Å². The zero-order chi connectivity index (χ0) is 15.5. The van der Waals surface area contributed by atoms with Gasteiger partial charge >= 0.3 is 0 Å². The van der Waals surface area contributed by atoms with E-state index in [0.717, 1.165) is 30.2 Å². The minimum absolute atomic E-state index is 0.194. The van der Waals surface area contributed by atoms with Crippen molar-refractivity contribution in [2.24, 2.45) is 0 Å². The van der Waals surface area contributed by atoms with Crippen LogP contribution in [0.5, 0.6) is 0 Å². The second kappa shape index (κ2) is 6.13. The summed E-state index contributed by atoms with van der Waals surface area (Å²) >= 11 is 0. The van der Waals surface area contributed by atoms with E-state index in [1.807, 2.05) is 38.1 Å². The third-order valence-electron chi connectivity index (χ3n) is 3.88. The number of nitrogens with zero attached hydrogens (tertiary/aromatic N) is 3. The molecule has 1 aromatic carbocycles. The Morgan fingerprint density at radius 1 is 1.14 bits per heavy atom. The number of anilines is 2. The first kappa shape index (κ1) is 14.5. The van der Waals surface area contributed by atoms with Gasteiger partial charge in [-0.3, -0.25) is 4.79 Å². The summed E-state index contributed by atoms with van der Waals surface area (Å²) in [5.74, 6) is 1.28. The Morgan fingerprint density at radius 2 is 1.86 bits per heavy atom. The minimum atomic E-state index is -0.194. The highest BCUT2D eigenvalue weighted by Gasteiger charge is 2.17. The predicted octanol–water partition coefficient (Wildman–Crippen LogP) is 2.95. The highest BCUT2D eigenvalue weighted by molar-refractivity contribution is 6.03. The van der Waals surface area contributed by atoms with Crippen molar-refractivity contribution >= 4 is 17.4 Å². The smallest absolute Gasteiger partial charge is 0.274 e. The Hall–Kier alpha value is -2.43. The molecule has 1 saturated heterocycles. The number of hydrogen-bond donors (Lipinski definition) is 1. The van der Waals surface area contributed by atoms with E-state index in [9.17, 15) is 4.79 Å². The molecule has 0 aliphatic carbocycles. The number of amides is 1. The zero-order valence-electron chi connectivity index (χ0n) is 13.0. The Labute approximate surface area is 130 Å². The largest absolute Gasteiger partial charge is 0.356 e. The summed E-state index contributed by atoms with van der Waals surface area (Å²) in [6.45, 7) is 5.78. The molecule has 1 N–H and O–H groups in total. The van der Waals surface area contributed by atoms with Gasteiger partial charge in [0, 0.05) is 24.8 Å². The van der Waals surface area contributed by atoms with Gasteiger partial charge < -0.3 is 10.2 Å². The minimum Gasteiger partial charge on any atom is -0.356 e. The topological polar surface area (TPSA) is 58.1 Å². The van der Waals surface area contributed by atoms with Crippen molar-refractivity contribution < 1.29 is 4.79 Å². The zero-order valence-corrected chi connectivity index (χ0v) is 13.0. The average Bonchev–Trinajstić information content (AvgIpc) is 3.03. The first-order valence-corrected chi connectivity index (χ1v) is 7.61. The number of para-hydroxylation sites is 1. The Morgan fingerprint density at radius 3 is 2.59 bits per heavy atom. The lowest BCUT2D eigenvalue weighted by Gasteiger charge is -2.17. The SMILES string of the molecule is Cc1nc(C(=O)Nc2ccccc2C)cc(N2CCCC2)n1. The van der Waals surface area contributed by atoms with Crippen molar-refractivity contribution in [3.63, 3.8) is 0 Å². The number of carbonyl (C=O) groups is 1. The van der Waals surface area contributed by atoms with Gasteiger partial charge in [-0.25, -0.2) is 9.97 Å². The summed E-state index contributed by atoms with van der Waals surface area (Å²) in [6.07, 6.45) is 2.35. The van der Waals surface area contributed by atoms with Gasteiger partial charge in [0.2, 0.25) is 0 Å². The van der Waals surface area contributed by atoms with Crippen molar-refractivity contribution in [1.29, 1.82) is 0 Å². The summed E-state index contributed by atoms with van der Waals surface area (Å²) in [7, 11) is 0. The van der Waals surface area contributed by atoms with Crippen LogP contribution in [0, 0.1) is 13.8 Å². The Kier molecular flexibility index (Phi) is 4.04. The number of aryl methyl sites for hydroxylation is 2. The van der Waals surface area contributed by atoms with Crippen LogP contribution in [0.25, 0.3) is 0 Å². The summed E-state index contributed by atoms with van der Waals surface area (Å²) in [5, 5.41) is 2.92. The lowest BCUT2D eigenvalue weighted by Crippen LogP contribution is -2.22. The van der Waals surface area contributed by atoms with E-state index < -0.39 is 0 Å². The van der Waals surface area contributed by atoms with E-state index in [4.69, 9.17) is 0 Å². The van der Waals surface area contributed by atoms with Crippen LogP contribution < -0.4 is 10.2 Å². The molecule has 22 heavy (non-hydrogen) atoms. The molecule has 2 aromatic rings. The first-order chi connectivity index (χ1) is 10.6. The molecule has 0 atom stereocenters. The third-order valence-corrected chi connectivity index (χ3v) is 3.88. The van der Waals surface area contributed by atoms with E-state index in [1.54, 1.807) is 6.07 Å². The van der Waals surface area contributed by atoms with Gasteiger partial charge in [0.25, 0.3) is 5.91 Å². The number of carbonyl (C=O) groups excluding carboxylic acids is 1. The Bertz CT molecular complexity index is 693. The summed E-state index contributed by atoms with van der Waals surface area (Å²) in [4.78, 5) is 23.4. The van der Waals surface area contributed by atoms with Gasteiger partial charge in [0.15, 0.2) is 0 Å². The second-order valence-electron chi connectivity index (χ2n) is 5.62. The van der Waals surface area contributed by atoms with Crippen LogP contribution in [0.3, 0.4) is 0 Å². The molecule has 1 aliphatic heterocycles. The van der Waals surface area contributed by atoms with Crippen LogP contribution in [-0.2, 0) is 0 Å². The van der Waals surface area contributed by atoms with Crippen molar-refractivity contribution in [2.45, 2.75) is 26.7 Å². The van der Waals surface area contributed by atoms with Crippen LogP contribution in [0.1, 0.15) is 34.7 Å². The fourth-order valence-electron chi connectivity index (χ4n) is 2.68. The van der Waals surface area contributed by atoms with E-state index in [-0.39, 0.29) is 5.91 Å². The molecule has 1 amide bonds. The lowest BCUT2D eigenvalue weighted by molar-refractivity contribution is 0.102. The van der Waals surface area contributed by atoms with Crippen LogP contribution in [0.15, 0.2) is 30.3 Å². The van der Waals surface area contributed by atoms with Gasteiger partial charge in [-0.1, -0.05) is 18.2 Å². The van der Waals surface area contributed by atoms with E-state index in [0.29, 0.717) is 11.5 Å². The van der Waals surface area contributed by atoms with Gasteiger partial charge in [-0.2, -0.15) is 0 Å². The quantitative estimate of drug-likeness (QED) is 0.946.